The van der Waals surface area contributed by atoms with Gasteiger partial charge in [-0.25, -0.2) is 9.59 Å². The lowest BCUT2D eigenvalue weighted by Crippen LogP contribution is -2.65. The number of hydrogen-bond acceptors (Lipinski definition) is 9. The van der Waals surface area contributed by atoms with Crippen molar-refractivity contribution in [3.63, 3.8) is 0 Å². The zero-order chi connectivity index (χ0) is 50.1. The summed E-state index contributed by atoms with van der Waals surface area (Å²) in [6.45, 7) is 7.09. The largest absolute Gasteiger partial charge is 0.490 e. The maximum Gasteiger partial charge on any atom is 0.490 e. The Bertz CT molecular complexity index is 1930. The normalized spacial score (nSPS) is 17.2. The maximum atomic E-state index is 14.0. The summed E-state index contributed by atoms with van der Waals surface area (Å²) in [7, 11) is 0. The van der Waals surface area contributed by atoms with Crippen molar-refractivity contribution in [1.82, 2.24) is 25.8 Å². The van der Waals surface area contributed by atoms with Gasteiger partial charge in [-0.05, 0) is 81.4 Å². The summed E-state index contributed by atoms with van der Waals surface area (Å²) < 4.78 is 63.5. The molecule has 1 spiro atoms. The second-order valence-electron chi connectivity index (χ2n) is 17.5. The molecule has 9 N–H and O–H groups in total. The second-order valence-corrected chi connectivity index (χ2v) is 17.5. The van der Waals surface area contributed by atoms with Crippen LogP contribution in [0.1, 0.15) is 76.3 Å². The fourth-order valence-electron chi connectivity index (χ4n) is 7.54. The van der Waals surface area contributed by atoms with E-state index in [9.17, 15) is 50.3 Å². The van der Waals surface area contributed by atoms with Crippen molar-refractivity contribution >= 4 is 41.5 Å². The lowest BCUT2D eigenvalue weighted by Gasteiger charge is -2.54. The molecule has 2 aromatic rings. The second kappa shape index (κ2) is 25.4. The molecule has 5 rings (SSSR count). The van der Waals surface area contributed by atoms with E-state index in [1.807, 2.05) is 84.3 Å². The van der Waals surface area contributed by atoms with Gasteiger partial charge in [0.1, 0.15) is 18.1 Å². The number of likely N-dealkylation sites (tertiary alicyclic amines) is 2. The number of nitrogens with one attached hydrogen (secondary N) is 3. The SMILES string of the molecule is CC(C)CC(NC(=O)C(Cc1ccccc1)NC(=O)C(N)Cc1ccccc1)C(=O)NC(CCCCN)C(=O)N1CC2(CCN(C(=O)C3CC3)CC2)C1.O=C(O)C(F)(F)F.O=C(O)C(F)(F)F. The van der Waals surface area contributed by atoms with E-state index in [0.29, 0.717) is 51.7 Å². The first-order valence-electron chi connectivity index (χ1n) is 22.0. The number of halogens is 6. The highest BCUT2D eigenvalue weighted by atomic mass is 19.4. The highest BCUT2D eigenvalue weighted by Crippen LogP contribution is 2.42. The zero-order valence-electron chi connectivity index (χ0n) is 37.4. The summed E-state index contributed by atoms with van der Waals surface area (Å²) in [6, 6.07) is 15.2. The van der Waals surface area contributed by atoms with Crippen molar-refractivity contribution in [3.8, 4) is 0 Å². The molecule has 4 atom stereocenters. The Labute approximate surface area is 384 Å². The third kappa shape index (κ3) is 18.8. The number of benzene rings is 2. The molecule has 0 bridgehead atoms. The number of amides is 5. The number of unbranched alkanes of at least 4 members (excludes halogenated alkanes) is 1. The number of hydrogen-bond donors (Lipinski definition) is 7. The average molecular weight is 958 g/mol. The molecule has 22 heteroatoms. The number of rotatable bonds is 18. The average Bonchev–Trinajstić information content (AvgIpc) is 4.11. The van der Waals surface area contributed by atoms with Crippen molar-refractivity contribution in [2.24, 2.45) is 28.7 Å². The fraction of sp³-hybridized carbons (Fsp3) is 0.578. The third-order valence-corrected chi connectivity index (χ3v) is 11.4. The summed E-state index contributed by atoms with van der Waals surface area (Å²) in [5.41, 5.74) is 13.8. The van der Waals surface area contributed by atoms with Crippen molar-refractivity contribution < 1.29 is 70.1 Å². The molecular formula is C45H61F6N7O9. The Balaban J connectivity index is 0.000000737. The van der Waals surface area contributed by atoms with Gasteiger partial charge in [0.05, 0.1) is 6.04 Å². The van der Waals surface area contributed by atoms with Gasteiger partial charge in [-0.3, -0.25) is 24.0 Å². The molecule has 0 radical (unpaired) electrons. The summed E-state index contributed by atoms with van der Waals surface area (Å²) in [5.74, 6) is -6.52. The Morgan fingerprint density at radius 3 is 1.58 bits per heavy atom. The molecule has 2 aromatic carbocycles. The molecule has 2 saturated heterocycles. The van der Waals surface area contributed by atoms with Crippen LogP contribution in [-0.4, -0.2) is 131 Å². The third-order valence-electron chi connectivity index (χ3n) is 11.4. The molecule has 2 aliphatic heterocycles. The van der Waals surface area contributed by atoms with E-state index >= 15 is 0 Å². The molecule has 16 nitrogen and oxygen atoms in total. The van der Waals surface area contributed by atoms with Gasteiger partial charge >= 0.3 is 24.3 Å². The minimum absolute atomic E-state index is 0.0117. The topological polar surface area (TPSA) is 255 Å². The van der Waals surface area contributed by atoms with Gasteiger partial charge < -0.3 is 47.4 Å². The standard InChI is InChI=1S/C41H59N7O5.2C2HF3O2/c1-28(2)23-34(46-38(51)35(25-30-13-7-4-8-14-30)45-36(49)32(43)24-29-11-5-3-6-12-29)37(50)44-33(15-9-10-20-42)40(53)48-26-41(27-48)18-21-47(22-19-41)39(52)31-16-17-31;2*3-2(4,5)1(6)7/h3-8,11-14,28,31-35H,9-10,15-27,42-43H2,1-2H3,(H,44,50)(H,45,49)(H,46,51);2*(H,6,7). The van der Waals surface area contributed by atoms with Crippen LogP contribution in [-0.2, 0) is 46.4 Å². The van der Waals surface area contributed by atoms with Gasteiger partial charge in [-0.1, -0.05) is 74.5 Å². The van der Waals surface area contributed by atoms with Crippen molar-refractivity contribution in [2.45, 2.75) is 115 Å². The van der Waals surface area contributed by atoms with Crippen LogP contribution in [0, 0.1) is 17.3 Å². The van der Waals surface area contributed by atoms with E-state index in [2.05, 4.69) is 16.0 Å². The van der Waals surface area contributed by atoms with Crippen LogP contribution in [0.5, 0.6) is 0 Å². The summed E-state index contributed by atoms with van der Waals surface area (Å²) in [6.07, 6.45) is -3.76. The molecule has 3 aliphatic rings. The van der Waals surface area contributed by atoms with Crippen molar-refractivity contribution in [1.29, 1.82) is 0 Å². The first-order chi connectivity index (χ1) is 31.3. The molecule has 67 heavy (non-hydrogen) atoms. The van der Waals surface area contributed by atoms with Gasteiger partial charge in [0, 0.05) is 43.9 Å². The predicted molar refractivity (Wildman–Crippen MR) is 231 cm³/mol. The van der Waals surface area contributed by atoms with Crippen LogP contribution in [0.2, 0.25) is 0 Å². The van der Waals surface area contributed by atoms with E-state index in [-0.39, 0.29) is 35.5 Å². The molecule has 2 heterocycles. The lowest BCUT2D eigenvalue weighted by atomic mass is 9.71. The highest BCUT2D eigenvalue weighted by molar-refractivity contribution is 5.95. The Morgan fingerprint density at radius 2 is 1.13 bits per heavy atom. The number of aliphatic carboxylic acids is 2. The van der Waals surface area contributed by atoms with Crippen LogP contribution in [0.3, 0.4) is 0 Å². The number of nitrogens with two attached hydrogens (primary N) is 2. The van der Waals surface area contributed by atoms with E-state index in [0.717, 1.165) is 49.9 Å². The molecule has 4 unspecified atom stereocenters. The van der Waals surface area contributed by atoms with Crippen molar-refractivity contribution in [3.05, 3.63) is 71.8 Å². The number of piperidine rings is 1. The van der Waals surface area contributed by atoms with E-state index < -0.39 is 66.2 Å². The monoisotopic (exact) mass is 957 g/mol. The van der Waals surface area contributed by atoms with Crippen LogP contribution in [0.4, 0.5) is 26.3 Å². The summed E-state index contributed by atoms with van der Waals surface area (Å²) in [4.78, 5) is 89.4. The van der Waals surface area contributed by atoms with Gasteiger partial charge in [0.25, 0.3) is 0 Å². The fourth-order valence-corrected chi connectivity index (χ4v) is 7.54. The molecule has 372 valence electrons. The Kier molecular flexibility index (Phi) is 21.1. The van der Waals surface area contributed by atoms with E-state index in [1.54, 1.807) is 0 Å². The molecular weight excluding hydrogens is 897 g/mol. The number of alkyl halides is 6. The van der Waals surface area contributed by atoms with E-state index in [4.69, 9.17) is 31.3 Å². The maximum absolute atomic E-state index is 14.0. The smallest absolute Gasteiger partial charge is 0.475 e. The molecule has 1 saturated carbocycles. The number of carboxylic acids is 2. The highest BCUT2D eigenvalue weighted by Gasteiger charge is 2.49. The zero-order valence-corrected chi connectivity index (χ0v) is 37.4. The first-order valence-corrected chi connectivity index (χ1v) is 22.0. The van der Waals surface area contributed by atoms with Crippen LogP contribution >= 0.6 is 0 Å². The lowest BCUT2D eigenvalue weighted by molar-refractivity contribution is -0.193. The van der Waals surface area contributed by atoms with E-state index in [1.165, 1.54) is 0 Å². The van der Waals surface area contributed by atoms with Crippen molar-refractivity contribution in [2.75, 3.05) is 32.7 Å². The Morgan fingerprint density at radius 1 is 0.687 bits per heavy atom. The number of carboxylic acid groups (broad SMARTS) is 2. The number of carbonyl (C=O) groups excluding carboxylic acids is 5. The van der Waals surface area contributed by atoms with Crippen LogP contribution in [0.25, 0.3) is 0 Å². The minimum Gasteiger partial charge on any atom is -0.475 e. The quantitative estimate of drug-likeness (QED) is 0.0841. The molecule has 5 amide bonds. The summed E-state index contributed by atoms with van der Waals surface area (Å²) in [5, 5.41) is 23.0. The predicted octanol–water partition coefficient (Wildman–Crippen LogP) is 3.56. The van der Waals surface area contributed by atoms with Gasteiger partial charge in [0.15, 0.2) is 0 Å². The van der Waals surface area contributed by atoms with Crippen LogP contribution < -0.4 is 27.4 Å². The van der Waals surface area contributed by atoms with Gasteiger partial charge in [-0.15, -0.1) is 0 Å². The minimum atomic E-state index is -5.08. The first kappa shape index (κ1) is 55.6. The number of nitrogens with zero attached hydrogens (tertiary/aromatic N) is 2. The Hall–Kier alpha value is -5.77. The summed E-state index contributed by atoms with van der Waals surface area (Å²) >= 11 is 0. The van der Waals surface area contributed by atoms with Crippen LogP contribution in [0.15, 0.2) is 60.7 Å². The number of carbonyl (C=O) groups is 7. The molecule has 1 aliphatic carbocycles. The van der Waals surface area contributed by atoms with Gasteiger partial charge in [-0.2, -0.15) is 26.3 Å². The molecule has 3 fully saturated rings. The molecule has 0 aromatic heterocycles. The van der Waals surface area contributed by atoms with Gasteiger partial charge in [0.2, 0.25) is 29.5 Å².